The molecule has 0 amide bonds. The van der Waals surface area contributed by atoms with Gasteiger partial charge >= 0.3 is 5.13 Å². The minimum absolute atomic E-state index is 0.742. The molecule has 3 nitrogen and oxygen atoms in total. The molecule has 1 aromatic carbocycles. The zero-order valence-corrected chi connectivity index (χ0v) is 11.5. The highest BCUT2D eigenvalue weighted by atomic mass is 32.1. The van der Waals surface area contributed by atoms with Crippen molar-refractivity contribution in [2.24, 2.45) is 0 Å². The number of thiazole rings is 1. The van der Waals surface area contributed by atoms with E-state index in [1.807, 2.05) is 47.6 Å². The molecule has 0 atom stereocenters. The third-order valence-corrected chi connectivity index (χ3v) is 3.30. The fourth-order valence-electron chi connectivity index (χ4n) is 1.58. The number of aromatic nitrogens is 1. The number of ether oxygens (including phenoxy) is 1. The van der Waals surface area contributed by atoms with E-state index in [0.717, 1.165) is 29.5 Å². The molecule has 0 aliphatic heterocycles. The molecular formula is C14H17N2OS+. The van der Waals surface area contributed by atoms with Crippen LogP contribution in [-0.2, 0) is 0 Å². The van der Waals surface area contributed by atoms with Crippen LogP contribution in [0.2, 0.25) is 0 Å². The average molecular weight is 261 g/mol. The first kappa shape index (κ1) is 12.8. The quantitative estimate of drug-likeness (QED) is 0.609. The van der Waals surface area contributed by atoms with Crippen LogP contribution in [0.1, 0.15) is 18.9 Å². The molecule has 1 aromatic heterocycles. The van der Waals surface area contributed by atoms with Crippen molar-refractivity contribution in [2.75, 3.05) is 13.7 Å². The van der Waals surface area contributed by atoms with E-state index in [4.69, 9.17) is 4.74 Å². The van der Waals surface area contributed by atoms with E-state index in [1.165, 1.54) is 0 Å². The summed E-state index contributed by atoms with van der Waals surface area (Å²) in [5.41, 5.74) is 1.07. The van der Waals surface area contributed by atoms with Crippen LogP contribution >= 0.6 is 11.3 Å². The van der Waals surface area contributed by atoms with E-state index in [0.29, 0.717) is 0 Å². The Bertz CT molecular complexity index is 520. The second-order valence-electron chi connectivity index (χ2n) is 3.94. The van der Waals surface area contributed by atoms with E-state index in [1.54, 1.807) is 11.3 Å². The number of para-hydroxylation sites is 1. The second kappa shape index (κ2) is 6.31. The van der Waals surface area contributed by atoms with Gasteiger partial charge in [0.2, 0.25) is 0 Å². The summed E-state index contributed by atoms with van der Waals surface area (Å²) < 4.78 is 7.74. The van der Waals surface area contributed by atoms with Crippen molar-refractivity contribution in [3.05, 3.63) is 41.4 Å². The van der Waals surface area contributed by atoms with Crippen LogP contribution in [-0.4, -0.2) is 29.4 Å². The van der Waals surface area contributed by atoms with Gasteiger partial charge in [-0.1, -0.05) is 30.4 Å². The Morgan fingerprint density at radius 1 is 1.39 bits per heavy atom. The molecule has 0 spiro atoms. The van der Waals surface area contributed by atoms with Crippen LogP contribution in [0.15, 0.2) is 35.8 Å². The number of hydrogen-bond acceptors (Lipinski definition) is 3. The Balaban J connectivity index is 2.25. The Kier molecular flexibility index (Phi) is 4.47. The molecule has 1 heterocycles. The first-order chi connectivity index (χ1) is 8.81. The fraction of sp³-hybridized carbons (Fsp3) is 0.286. The SMILES string of the molecule is CCCOc1ccccc1C=[N+](C)c1nccs1. The van der Waals surface area contributed by atoms with Gasteiger partial charge in [0.15, 0.2) is 6.20 Å². The smallest absolute Gasteiger partial charge is 0.381 e. The van der Waals surface area contributed by atoms with Crippen molar-refractivity contribution in [3.8, 4) is 5.75 Å². The Morgan fingerprint density at radius 2 is 2.22 bits per heavy atom. The molecule has 0 bridgehead atoms. The van der Waals surface area contributed by atoms with Crippen molar-refractivity contribution in [1.82, 2.24) is 4.98 Å². The molecule has 0 saturated carbocycles. The standard InChI is InChI=1S/C14H17N2OS/c1-3-9-17-13-7-5-4-6-12(13)11-16(2)14-15-8-10-18-14/h4-8,10-11H,3,9H2,1-2H3/q+1. The molecule has 94 valence electrons. The molecule has 0 radical (unpaired) electrons. The monoisotopic (exact) mass is 261 g/mol. The first-order valence-corrected chi connectivity index (χ1v) is 6.88. The second-order valence-corrected chi connectivity index (χ2v) is 4.81. The molecular weight excluding hydrogens is 244 g/mol. The summed E-state index contributed by atoms with van der Waals surface area (Å²) in [5, 5.41) is 2.94. The maximum absolute atomic E-state index is 5.73. The molecule has 0 N–H and O–H groups in total. The summed E-state index contributed by atoms with van der Waals surface area (Å²) in [6, 6.07) is 8.05. The van der Waals surface area contributed by atoms with Gasteiger partial charge in [0.1, 0.15) is 12.0 Å². The Hall–Kier alpha value is -1.68. The van der Waals surface area contributed by atoms with Crippen LogP contribution in [0.4, 0.5) is 5.13 Å². The van der Waals surface area contributed by atoms with Crippen LogP contribution < -0.4 is 4.74 Å². The molecule has 0 aliphatic carbocycles. The largest absolute Gasteiger partial charge is 0.493 e. The van der Waals surface area contributed by atoms with Gasteiger partial charge in [-0.05, 0) is 23.5 Å². The van der Waals surface area contributed by atoms with E-state index in [-0.39, 0.29) is 0 Å². The van der Waals surface area contributed by atoms with Crippen molar-refractivity contribution >= 4 is 22.7 Å². The summed E-state index contributed by atoms with van der Waals surface area (Å²) in [6.45, 7) is 2.85. The molecule has 2 rings (SSSR count). The molecule has 2 aromatic rings. The minimum Gasteiger partial charge on any atom is -0.493 e. The molecule has 0 saturated heterocycles. The van der Waals surface area contributed by atoms with Gasteiger partial charge in [0.25, 0.3) is 0 Å². The van der Waals surface area contributed by atoms with Gasteiger partial charge in [-0.25, -0.2) is 4.58 Å². The van der Waals surface area contributed by atoms with Crippen molar-refractivity contribution in [1.29, 1.82) is 0 Å². The number of hydrogen-bond donors (Lipinski definition) is 0. The highest BCUT2D eigenvalue weighted by molar-refractivity contribution is 7.12. The van der Waals surface area contributed by atoms with Gasteiger partial charge in [-0.2, -0.15) is 0 Å². The summed E-state index contributed by atoms with van der Waals surface area (Å²) in [4.78, 5) is 4.28. The van der Waals surface area contributed by atoms with Crippen LogP contribution in [0.5, 0.6) is 5.75 Å². The summed E-state index contributed by atoms with van der Waals surface area (Å²) in [6.07, 6.45) is 4.87. The number of rotatable bonds is 5. The Morgan fingerprint density at radius 3 is 2.94 bits per heavy atom. The van der Waals surface area contributed by atoms with Gasteiger partial charge in [-0.3, -0.25) is 0 Å². The van der Waals surface area contributed by atoms with Crippen LogP contribution in [0.25, 0.3) is 0 Å². The lowest BCUT2D eigenvalue weighted by Crippen LogP contribution is -2.04. The van der Waals surface area contributed by atoms with Gasteiger partial charge in [0.05, 0.1) is 19.2 Å². The number of nitrogens with zero attached hydrogens (tertiary/aromatic N) is 2. The molecule has 18 heavy (non-hydrogen) atoms. The average Bonchev–Trinajstić information content (AvgIpc) is 2.91. The fourth-order valence-corrected chi connectivity index (χ4v) is 2.17. The lowest BCUT2D eigenvalue weighted by molar-refractivity contribution is -0.398. The molecule has 0 fully saturated rings. The highest BCUT2D eigenvalue weighted by Crippen LogP contribution is 2.18. The van der Waals surface area contributed by atoms with Gasteiger partial charge < -0.3 is 4.74 Å². The van der Waals surface area contributed by atoms with Crippen molar-refractivity contribution in [3.63, 3.8) is 0 Å². The maximum atomic E-state index is 5.73. The normalized spacial score (nSPS) is 11.6. The van der Waals surface area contributed by atoms with E-state index in [9.17, 15) is 0 Å². The highest BCUT2D eigenvalue weighted by Gasteiger charge is 2.08. The van der Waals surface area contributed by atoms with Crippen molar-refractivity contribution < 1.29 is 9.31 Å². The maximum Gasteiger partial charge on any atom is 0.381 e. The zero-order valence-electron chi connectivity index (χ0n) is 10.7. The van der Waals surface area contributed by atoms with Gasteiger partial charge in [-0.15, -0.1) is 0 Å². The topological polar surface area (TPSA) is 25.1 Å². The van der Waals surface area contributed by atoms with E-state index >= 15 is 0 Å². The third kappa shape index (κ3) is 3.17. The summed E-state index contributed by atoms with van der Waals surface area (Å²) in [5.74, 6) is 0.919. The Labute approximate surface area is 111 Å². The third-order valence-electron chi connectivity index (χ3n) is 2.43. The van der Waals surface area contributed by atoms with Crippen molar-refractivity contribution in [2.45, 2.75) is 13.3 Å². The molecule has 4 heteroatoms. The lowest BCUT2D eigenvalue weighted by Gasteiger charge is -2.07. The van der Waals surface area contributed by atoms with E-state index in [2.05, 4.69) is 18.0 Å². The molecule has 0 unspecified atom stereocenters. The predicted octanol–water partition coefficient (Wildman–Crippen LogP) is 3.32. The number of benzene rings is 1. The summed E-state index contributed by atoms with van der Waals surface area (Å²) >= 11 is 1.62. The van der Waals surface area contributed by atoms with Crippen LogP contribution in [0, 0.1) is 0 Å². The molecule has 0 aliphatic rings. The zero-order chi connectivity index (χ0) is 12.8. The lowest BCUT2D eigenvalue weighted by atomic mass is 10.2. The first-order valence-electron chi connectivity index (χ1n) is 6.00. The van der Waals surface area contributed by atoms with Crippen LogP contribution in [0.3, 0.4) is 0 Å². The van der Waals surface area contributed by atoms with Gasteiger partial charge in [0, 0.05) is 5.38 Å². The minimum atomic E-state index is 0.742. The predicted molar refractivity (Wildman–Crippen MR) is 75.4 cm³/mol. The van der Waals surface area contributed by atoms with E-state index < -0.39 is 0 Å². The summed E-state index contributed by atoms with van der Waals surface area (Å²) in [7, 11) is 2.00.